The second kappa shape index (κ2) is 5.01. The summed E-state index contributed by atoms with van der Waals surface area (Å²) in [6.45, 7) is 0.819. The van der Waals surface area contributed by atoms with E-state index in [2.05, 4.69) is 0 Å². The third kappa shape index (κ3) is 2.53. The first kappa shape index (κ1) is 12.7. The smallest absolute Gasteiger partial charge is 0.322 e. The Labute approximate surface area is 113 Å². The molecule has 3 nitrogen and oxygen atoms in total. The Morgan fingerprint density at radius 1 is 1.11 bits per heavy atom. The Morgan fingerprint density at radius 3 is 2.17 bits per heavy atom. The highest BCUT2D eigenvalue weighted by atomic mass is 35.5. The number of carbonyl (C=O) groups excluding carboxylic acids is 1. The van der Waals surface area contributed by atoms with Crippen LogP contribution in [0.2, 0.25) is 0 Å². The van der Waals surface area contributed by atoms with Gasteiger partial charge in [0.25, 0.3) is 0 Å². The van der Waals surface area contributed by atoms with Gasteiger partial charge in [0.1, 0.15) is 5.88 Å². The highest BCUT2D eigenvalue weighted by molar-refractivity contribution is 6.26. The molecule has 0 radical (unpaired) electrons. The summed E-state index contributed by atoms with van der Waals surface area (Å²) in [4.78, 5) is 10.9. The molecular weight excluding hydrogens is 252 g/mol. The Balaban J connectivity index is 1.49. The van der Waals surface area contributed by atoms with Crippen LogP contribution in [0.15, 0.2) is 0 Å². The molecular formula is C14H21ClO3. The van der Waals surface area contributed by atoms with E-state index in [9.17, 15) is 4.79 Å². The molecule has 0 aliphatic heterocycles. The maximum absolute atomic E-state index is 10.9. The van der Waals surface area contributed by atoms with Crippen molar-refractivity contribution in [2.24, 2.45) is 23.2 Å². The van der Waals surface area contributed by atoms with Crippen molar-refractivity contribution in [2.45, 2.75) is 38.5 Å². The summed E-state index contributed by atoms with van der Waals surface area (Å²) in [5.41, 5.74) is 0.391. The molecule has 0 spiro atoms. The predicted molar refractivity (Wildman–Crippen MR) is 68.2 cm³/mol. The molecule has 4 heteroatoms. The van der Waals surface area contributed by atoms with Gasteiger partial charge in [0.05, 0.1) is 6.61 Å². The molecule has 4 fully saturated rings. The number of carbonyl (C=O) groups is 1. The molecule has 102 valence electrons. The molecule has 0 unspecified atom stereocenters. The summed E-state index contributed by atoms with van der Waals surface area (Å²) < 4.78 is 10.5. The standard InChI is InChI=1S/C14H21ClO3/c15-7-13(16)18-9-17-8-14-4-10-1-11(5-14)3-12(2-10)6-14/h10-12H,1-9H2. The number of halogens is 1. The monoisotopic (exact) mass is 272 g/mol. The molecule has 0 aromatic rings. The maximum atomic E-state index is 10.9. The summed E-state index contributed by atoms with van der Waals surface area (Å²) in [6.07, 6.45) is 8.30. The van der Waals surface area contributed by atoms with Crippen molar-refractivity contribution < 1.29 is 14.3 Å². The molecule has 4 aliphatic rings. The molecule has 0 N–H and O–H groups in total. The van der Waals surface area contributed by atoms with Crippen LogP contribution in [0.1, 0.15) is 38.5 Å². The average Bonchev–Trinajstić information content (AvgIpc) is 2.32. The van der Waals surface area contributed by atoms with E-state index in [1.165, 1.54) is 38.5 Å². The fourth-order valence-corrected chi connectivity index (χ4v) is 4.95. The highest BCUT2D eigenvalue weighted by Crippen LogP contribution is 2.59. The lowest BCUT2D eigenvalue weighted by Crippen LogP contribution is -2.48. The van der Waals surface area contributed by atoms with Gasteiger partial charge in [-0.05, 0) is 61.7 Å². The molecule has 0 atom stereocenters. The van der Waals surface area contributed by atoms with Crippen LogP contribution in [0.5, 0.6) is 0 Å². The normalized spacial score (nSPS) is 41.1. The molecule has 4 bridgehead atoms. The van der Waals surface area contributed by atoms with Gasteiger partial charge >= 0.3 is 5.97 Å². The van der Waals surface area contributed by atoms with Crippen LogP contribution in [0.3, 0.4) is 0 Å². The minimum Gasteiger partial charge on any atom is -0.438 e. The Kier molecular flexibility index (Phi) is 3.55. The Morgan fingerprint density at radius 2 is 1.67 bits per heavy atom. The third-order valence-corrected chi connectivity index (χ3v) is 5.20. The summed E-state index contributed by atoms with van der Waals surface area (Å²) >= 11 is 5.36. The minimum absolute atomic E-state index is 0.0628. The molecule has 0 heterocycles. The number of hydrogen-bond acceptors (Lipinski definition) is 3. The van der Waals surface area contributed by atoms with Gasteiger partial charge in [0, 0.05) is 0 Å². The maximum Gasteiger partial charge on any atom is 0.322 e. The molecule has 4 rings (SSSR count). The van der Waals surface area contributed by atoms with E-state index in [4.69, 9.17) is 21.1 Å². The van der Waals surface area contributed by atoms with E-state index in [0.29, 0.717) is 5.41 Å². The van der Waals surface area contributed by atoms with Gasteiger partial charge in [0.2, 0.25) is 0 Å². The van der Waals surface area contributed by atoms with Crippen LogP contribution in [0.25, 0.3) is 0 Å². The van der Waals surface area contributed by atoms with Crippen molar-refractivity contribution in [1.82, 2.24) is 0 Å². The van der Waals surface area contributed by atoms with E-state index >= 15 is 0 Å². The average molecular weight is 273 g/mol. The van der Waals surface area contributed by atoms with E-state index < -0.39 is 5.97 Å². The van der Waals surface area contributed by atoms with Gasteiger partial charge in [-0.15, -0.1) is 11.6 Å². The first-order valence-electron chi connectivity index (χ1n) is 6.98. The molecule has 0 aromatic heterocycles. The van der Waals surface area contributed by atoms with E-state index in [1.807, 2.05) is 0 Å². The topological polar surface area (TPSA) is 35.5 Å². The van der Waals surface area contributed by atoms with Crippen molar-refractivity contribution >= 4 is 17.6 Å². The van der Waals surface area contributed by atoms with E-state index in [-0.39, 0.29) is 12.7 Å². The minimum atomic E-state index is -0.401. The third-order valence-electron chi connectivity index (χ3n) is 4.99. The quantitative estimate of drug-likeness (QED) is 0.334. The zero-order valence-corrected chi connectivity index (χ0v) is 11.5. The first-order valence-corrected chi connectivity index (χ1v) is 7.52. The number of hydrogen-bond donors (Lipinski definition) is 0. The lowest BCUT2D eigenvalue weighted by atomic mass is 9.50. The molecule has 0 aromatic carbocycles. The van der Waals surface area contributed by atoms with Crippen LogP contribution in [0.4, 0.5) is 0 Å². The Hall–Kier alpha value is -0.280. The van der Waals surface area contributed by atoms with Crippen molar-refractivity contribution in [3.05, 3.63) is 0 Å². The van der Waals surface area contributed by atoms with Gasteiger partial charge in [-0.3, -0.25) is 4.79 Å². The fraction of sp³-hybridized carbons (Fsp3) is 0.929. The van der Waals surface area contributed by atoms with Gasteiger partial charge in [-0.25, -0.2) is 0 Å². The van der Waals surface area contributed by atoms with Gasteiger partial charge in [-0.2, -0.15) is 0 Å². The number of esters is 1. The largest absolute Gasteiger partial charge is 0.438 e. The highest BCUT2D eigenvalue weighted by Gasteiger charge is 2.50. The summed E-state index contributed by atoms with van der Waals surface area (Å²) in [6, 6.07) is 0. The van der Waals surface area contributed by atoms with Gasteiger partial charge < -0.3 is 9.47 Å². The van der Waals surface area contributed by atoms with Gasteiger partial charge in [0.15, 0.2) is 6.79 Å². The van der Waals surface area contributed by atoms with Gasteiger partial charge in [-0.1, -0.05) is 0 Å². The number of ether oxygens (including phenoxy) is 2. The van der Waals surface area contributed by atoms with E-state index in [1.54, 1.807) is 0 Å². The molecule has 18 heavy (non-hydrogen) atoms. The molecule has 0 saturated heterocycles. The van der Waals surface area contributed by atoms with Crippen LogP contribution in [-0.2, 0) is 14.3 Å². The van der Waals surface area contributed by atoms with E-state index in [0.717, 1.165) is 24.4 Å². The second-order valence-electron chi connectivity index (χ2n) is 6.53. The summed E-state index contributed by atoms with van der Waals surface area (Å²) in [5, 5.41) is 0. The van der Waals surface area contributed by atoms with Crippen molar-refractivity contribution in [1.29, 1.82) is 0 Å². The molecule has 4 aliphatic carbocycles. The SMILES string of the molecule is O=C(CCl)OCOCC12CC3CC(CC(C3)C1)C2. The van der Waals surface area contributed by atoms with Crippen molar-refractivity contribution in [2.75, 3.05) is 19.3 Å². The van der Waals surface area contributed by atoms with Crippen LogP contribution in [-0.4, -0.2) is 25.2 Å². The number of alkyl halides is 1. The van der Waals surface area contributed by atoms with Crippen LogP contribution in [0, 0.1) is 23.2 Å². The Bertz CT molecular complexity index is 294. The number of rotatable bonds is 5. The molecule has 0 amide bonds. The zero-order chi connectivity index (χ0) is 12.6. The second-order valence-corrected chi connectivity index (χ2v) is 6.80. The zero-order valence-electron chi connectivity index (χ0n) is 10.7. The summed E-state index contributed by atoms with van der Waals surface area (Å²) in [7, 11) is 0. The first-order chi connectivity index (χ1) is 8.69. The lowest BCUT2D eigenvalue weighted by molar-refractivity contribution is -0.163. The lowest BCUT2D eigenvalue weighted by Gasteiger charge is -2.56. The van der Waals surface area contributed by atoms with Crippen LogP contribution < -0.4 is 0 Å². The molecule has 4 saturated carbocycles. The fourth-order valence-electron chi connectivity index (χ4n) is 4.87. The predicted octanol–water partition coefficient (Wildman–Crippen LogP) is 2.96. The van der Waals surface area contributed by atoms with Crippen LogP contribution >= 0.6 is 11.6 Å². The van der Waals surface area contributed by atoms with Crippen molar-refractivity contribution in [3.63, 3.8) is 0 Å². The summed E-state index contributed by atoms with van der Waals surface area (Å²) in [5.74, 6) is 2.31. The van der Waals surface area contributed by atoms with Crippen molar-refractivity contribution in [3.8, 4) is 0 Å².